The number of primary amides is 1. The van der Waals surface area contributed by atoms with E-state index in [4.69, 9.17) is 0 Å². The molecule has 14 heavy (non-hydrogen) atoms. The normalized spacial score (nSPS) is 10.0. The van der Waals surface area contributed by atoms with Crippen molar-refractivity contribution in [2.75, 3.05) is 0 Å². The van der Waals surface area contributed by atoms with Gasteiger partial charge in [-0.05, 0) is 12.1 Å². The smallest absolute Gasteiger partial charge is 1.00 e. The van der Waals surface area contributed by atoms with Crippen LogP contribution in [0.5, 0.6) is 0 Å². The average Bonchev–Trinajstić information content (AvgIpc) is 2.34. The van der Waals surface area contributed by atoms with Crippen LogP contribution in [0.1, 0.15) is 1.43 Å². The first kappa shape index (κ1) is 13.3. The van der Waals surface area contributed by atoms with Crippen molar-refractivity contribution >= 4 is 16.3 Å². The molecule has 0 aliphatic rings. The quantitative estimate of drug-likeness (QED) is 0.515. The molecule has 1 rings (SSSR count). The Morgan fingerprint density at radius 1 is 1.43 bits per heavy atom. The Bertz CT molecular complexity index is 392. The monoisotopic (exact) mass is 229 g/mol. The zero-order valence-corrected chi connectivity index (χ0v) is 10.2. The molecule has 0 bridgehead atoms. The summed E-state index contributed by atoms with van der Waals surface area (Å²) in [4.78, 5) is 10.2. The molecule has 0 spiro atoms. The van der Waals surface area contributed by atoms with Gasteiger partial charge < -0.3 is 7.16 Å². The molecule has 0 radical (unpaired) electrons. The summed E-state index contributed by atoms with van der Waals surface area (Å²) >= 11 is 0. The third-order valence-corrected chi connectivity index (χ3v) is 1.81. The molecule has 0 aliphatic heterocycles. The molecule has 3 N–H and O–H groups in total. The second-order valence-corrected chi connectivity index (χ2v) is 3.30. The Morgan fingerprint density at radius 3 is 2.36 bits per heavy atom. The summed E-state index contributed by atoms with van der Waals surface area (Å²) in [6, 6.07) is 1.91. The number of carbonyl (C=O) groups excluding carboxylic acids is 1. The summed E-state index contributed by atoms with van der Waals surface area (Å²) in [6.07, 6.45) is 2.69. The van der Waals surface area contributed by atoms with Gasteiger partial charge in [-0.3, -0.25) is 4.28 Å². The summed E-state index contributed by atoms with van der Waals surface area (Å²) < 4.78 is 28.4. The van der Waals surface area contributed by atoms with E-state index >= 15 is 0 Å². The van der Waals surface area contributed by atoms with E-state index in [1.807, 2.05) is 0 Å². The van der Waals surface area contributed by atoms with E-state index in [0.717, 1.165) is 4.73 Å². The van der Waals surface area contributed by atoms with Gasteiger partial charge in [-0.1, -0.05) is 0 Å². The van der Waals surface area contributed by atoms with E-state index < -0.39 is 16.3 Å². The van der Waals surface area contributed by atoms with Crippen LogP contribution < -0.4 is 44.3 Å². The van der Waals surface area contributed by atoms with Gasteiger partial charge in [0, 0.05) is 12.4 Å². The first-order valence-electron chi connectivity index (χ1n) is 3.15. The number of nitrogens with one attached hydrogen (secondary N) is 1. The van der Waals surface area contributed by atoms with Crippen molar-refractivity contribution < 1.29 is 48.5 Å². The summed E-state index contributed by atoms with van der Waals surface area (Å²) in [5.74, 6) is 0. The van der Waals surface area contributed by atoms with Crippen LogP contribution in [0.3, 0.4) is 0 Å². The predicted octanol–water partition coefficient (Wildman–Crippen LogP) is -4.05. The molecule has 74 valence electrons. The summed E-state index contributed by atoms with van der Waals surface area (Å²) in [5, 5.41) is 0. The van der Waals surface area contributed by atoms with E-state index in [0.29, 0.717) is 0 Å². The van der Waals surface area contributed by atoms with Crippen molar-refractivity contribution in [2.24, 2.45) is 5.73 Å². The van der Waals surface area contributed by atoms with E-state index in [1.165, 1.54) is 17.1 Å². The molecule has 0 aliphatic carbocycles. The van der Waals surface area contributed by atoms with Crippen LogP contribution >= 0.6 is 0 Å². The summed E-state index contributed by atoms with van der Waals surface area (Å²) in [5.41, 5.74) is 4.59. The Balaban J connectivity index is 0. The van der Waals surface area contributed by atoms with E-state index in [1.54, 1.807) is 12.1 Å². The number of rotatable bonds is 3. The van der Waals surface area contributed by atoms with Crippen LogP contribution in [0.15, 0.2) is 24.5 Å². The van der Waals surface area contributed by atoms with Crippen LogP contribution in [0.4, 0.5) is 4.79 Å². The largest absolute Gasteiger partial charge is 1.00 e. The number of hydrogen-bond donors (Lipinski definition) is 2. The molecule has 0 atom stereocenters. The number of hydrogen-bond acceptors (Lipinski definition) is 4. The number of urea groups is 1. The predicted molar refractivity (Wildman–Crippen MR) is 43.8 cm³/mol. The van der Waals surface area contributed by atoms with Gasteiger partial charge in [0.25, 0.3) is 0 Å². The third kappa shape index (κ3) is 4.51. The fourth-order valence-corrected chi connectivity index (χ4v) is 1.23. The molecule has 1 heterocycles. The molecule has 0 saturated heterocycles. The van der Waals surface area contributed by atoms with Crippen LogP contribution in [-0.2, 0) is 10.3 Å². The first-order chi connectivity index (χ1) is 5.99. The minimum atomic E-state index is -4.17. The molecule has 0 unspecified atom stereocenters. The number of nitrogens with zero attached hydrogens (tertiary/aromatic N) is 1. The average molecular weight is 229 g/mol. The fraction of sp³-hybridized carbons (Fsp3) is 0. The molecule has 0 saturated carbocycles. The van der Waals surface area contributed by atoms with Crippen LogP contribution in [-0.4, -0.2) is 19.2 Å². The number of carbonyl (C=O) groups is 1. The van der Waals surface area contributed by atoms with Crippen molar-refractivity contribution in [1.82, 2.24) is 9.45 Å². The van der Waals surface area contributed by atoms with Gasteiger partial charge in [0.15, 0.2) is 0 Å². The Kier molecular flexibility index (Phi) is 4.99. The topological polar surface area (TPSA) is 103 Å². The molecular formula is C5H8N3NaO4S. The van der Waals surface area contributed by atoms with Crippen molar-refractivity contribution in [2.45, 2.75) is 0 Å². The van der Waals surface area contributed by atoms with Crippen LogP contribution in [0.2, 0.25) is 0 Å². The standard InChI is InChI=1S/C5H7N3O4S.Na.H/c6-5(9)7-13(10,11)12-8-3-1-2-4-8;;/h1-4H,(H3,6,7,9);;/q;+1;-1. The van der Waals surface area contributed by atoms with Gasteiger partial charge >= 0.3 is 45.9 Å². The molecular weight excluding hydrogens is 221 g/mol. The molecule has 2 amide bonds. The van der Waals surface area contributed by atoms with Gasteiger partial charge in [0.05, 0.1) is 0 Å². The van der Waals surface area contributed by atoms with E-state index in [-0.39, 0.29) is 31.0 Å². The Morgan fingerprint density at radius 2 is 1.93 bits per heavy atom. The van der Waals surface area contributed by atoms with Gasteiger partial charge in [-0.15, -0.1) is 0 Å². The van der Waals surface area contributed by atoms with Crippen LogP contribution in [0, 0.1) is 0 Å². The molecule has 9 heteroatoms. The third-order valence-electron chi connectivity index (χ3n) is 0.987. The maximum Gasteiger partial charge on any atom is 1.00 e. The molecule has 1 aromatic heterocycles. The van der Waals surface area contributed by atoms with Gasteiger partial charge in [-0.25, -0.2) is 9.52 Å². The summed E-state index contributed by atoms with van der Waals surface area (Å²) in [6.45, 7) is 0. The second kappa shape index (κ2) is 5.25. The van der Waals surface area contributed by atoms with Crippen molar-refractivity contribution in [3.8, 4) is 0 Å². The number of nitrogens with two attached hydrogens (primary N) is 1. The van der Waals surface area contributed by atoms with E-state index in [2.05, 4.69) is 10.0 Å². The minimum Gasteiger partial charge on any atom is -1.00 e. The maximum absolute atomic E-state index is 10.9. The van der Waals surface area contributed by atoms with Crippen molar-refractivity contribution in [3.63, 3.8) is 0 Å². The Hall–Kier alpha value is -0.700. The zero-order valence-electron chi connectivity index (χ0n) is 8.38. The second-order valence-electron chi connectivity index (χ2n) is 2.04. The van der Waals surface area contributed by atoms with Gasteiger partial charge in [0.1, 0.15) is 0 Å². The van der Waals surface area contributed by atoms with E-state index in [9.17, 15) is 13.2 Å². The summed E-state index contributed by atoms with van der Waals surface area (Å²) in [7, 11) is -4.17. The molecule has 7 nitrogen and oxygen atoms in total. The molecule has 0 fully saturated rings. The number of aromatic nitrogens is 1. The zero-order chi connectivity index (χ0) is 9.90. The molecule has 0 aromatic carbocycles. The first-order valence-corrected chi connectivity index (χ1v) is 4.55. The van der Waals surface area contributed by atoms with Crippen molar-refractivity contribution in [1.29, 1.82) is 0 Å². The maximum atomic E-state index is 10.9. The van der Waals surface area contributed by atoms with Gasteiger partial charge in [0.2, 0.25) is 0 Å². The number of amides is 2. The van der Waals surface area contributed by atoms with Crippen molar-refractivity contribution in [3.05, 3.63) is 24.5 Å². The fourth-order valence-electron chi connectivity index (χ4n) is 0.624. The van der Waals surface area contributed by atoms with Gasteiger partial charge in [-0.2, -0.15) is 13.1 Å². The SMILES string of the molecule is NC(=O)NS(=O)(=O)On1cccc1.[H-].[Na+]. The minimum absolute atomic E-state index is 0. The Labute approximate surface area is 104 Å². The molecule has 1 aromatic rings. The van der Waals surface area contributed by atoms with Crippen LogP contribution in [0.25, 0.3) is 0 Å².